The SMILES string of the molecule is O=C(C1=C(c2ccccc2)OC(=O)[C@H](Cc2ccccc2)[C@@H]1c1ccccc1)c1ccccc1. The lowest BCUT2D eigenvalue weighted by molar-refractivity contribution is -0.143. The highest BCUT2D eigenvalue weighted by molar-refractivity contribution is 6.15. The maximum atomic E-state index is 14.0. The first kappa shape index (κ1) is 21.6. The first-order valence-corrected chi connectivity index (χ1v) is 11.4. The standard InChI is InChI=1S/C31H24O3/c32-29(24-17-9-3-10-18-24)28-27(23-15-7-2-8-16-23)26(21-22-13-5-1-6-14-22)31(33)34-30(28)25-19-11-4-12-20-25/h1-20,26-27H,21H2/t26-,27+/m1/s1. The molecular weight excluding hydrogens is 420 g/mol. The second-order valence-corrected chi connectivity index (χ2v) is 8.41. The van der Waals surface area contributed by atoms with Crippen LogP contribution in [0.1, 0.15) is 33.0 Å². The van der Waals surface area contributed by atoms with E-state index in [4.69, 9.17) is 4.74 Å². The van der Waals surface area contributed by atoms with Crippen LogP contribution in [0, 0.1) is 5.92 Å². The zero-order valence-corrected chi connectivity index (χ0v) is 18.6. The van der Waals surface area contributed by atoms with Crippen LogP contribution in [0.4, 0.5) is 0 Å². The van der Waals surface area contributed by atoms with Gasteiger partial charge in [0.25, 0.3) is 0 Å². The molecule has 0 saturated carbocycles. The molecule has 1 aliphatic rings. The van der Waals surface area contributed by atoms with E-state index < -0.39 is 11.8 Å². The topological polar surface area (TPSA) is 43.4 Å². The molecule has 4 aromatic carbocycles. The number of benzene rings is 4. The van der Waals surface area contributed by atoms with Crippen molar-refractivity contribution in [2.24, 2.45) is 5.92 Å². The van der Waals surface area contributed by atoms with Gasteiger partial charge in [0.2, 0.25) is 0 Å². The van der Waals surface area contributed by atoms with Crippen LogP contribution in [-0.4, -0.2) is 11.8 Å². The number of rotatable bonds is 6. The third-order valence-corrected chi connectivity index (χ3v) is 6.24. The van der Waals surface area contributed by atoms with E-state index in [0.717, 1.165) is 11.1 Å². The predicted octanol–water partition coefficient (Wildman–Crippen LogP) is 6.48. The lowest BCUT2D eigenvalue weighted by atomic mass is 9.73. The summed E-state index contributed by atoms with van der Waals surface area (Å²) < 4.78 is 5.98. The van der Waals surface area contributed by atoms with Crippen molar-refractivity contribution in [3.05, 3.63) is 149 Å². The Morgan fingerprint density at radius 1 is 0.676 bits per heavy atom. The zero-order valence-electron chi connectivity index (χ0n) is 18.6. The molecule has 0 N–H and O–H groups in total. The number of allylic oxidation sites excluding steroid dienone is 1. The van der Waals surface area contributed by atoms with Gasteiger partial charge < -0.3 is 4.74 Å². The van der Waals surface area contributed by atoms with Crippen molar-refractivity contribution in [3.63, 3.8) is 0 Å². The summed E-state index contributed by atoms with van der Waals surface area (Å²) in [5.41, 5.74) is 3.76. The molecule has 34 heavy (non-hydrogen) atoms. The molecule has 0 aromatic heterocycles. The first-order valence-electron chi connectivity index (χ1n) is 11.4. The molecule has 5 rings (SSSR count). The Kier molecular flexibility index (Phi) is 6.17. The van der Waals surface area contributed by atoms with Crippen molar-refractivity contribution < 1.29 is 14.3 Å². The van der Waals surface area contributed by atoms with Crippen LogP contribution in [0.25, 0.3) is 5.76 Å². The fourth-order valence-corrected chi connectivity index (χ4v) is 4.63. The van der Waals surface area contributed by atoms with Crippen molar-refractivity contribution in [2.45, 2.75) is 12.3 Å². The highest BCUT2D eigenvalue weighted by atomic mass is 16.5. The number of esters is 1. The van der Waals surface area contributed by atoms with E-state index in [1.54, 1.807) is 0 Å². The summed E-state index contributed by atoms with van der Waals surface area (Å²) in [6.45, 7) is 0. The van der Waals surface area contributed by atoms with E-state index in [-0.39, 0.29) is 11.8 Å². The molecular formula is C31H24O3. The summed E-state index contributed by atoms with van der Waals surface area (Å²) in [7, 11) is 0. The molecule has 2 atom stereocenters. The fraction of sp³-hybridized carbons (Fsp3) is 0.0968. The summed E-state index contributed by atoms with van der Waals surface area (Å²) in [5.74, 6) is -1.07. The molecule has 4 aromatic rings. The molecule has 0 spiro atoms. The average Bonchev–Trinajstić information content (AvgIpc) is 2.91. The molecule has 1 heterocycles. The molecule has 0 saturated heterocycles. The number of carbonyl (C=O) groups excluding carboxylic acids is 2. The zero-order chi connectivity index (χ0) is 23.3. The number of hydrogen-bond donors (Lipinski definition) is 0. The normalized spacial score (nSPS) is 17.8. The lowest BCUT2D eigenvalue weighted by Gasteiger charge is -2.34. The molecule has 3 heteroatoms. The molecule has 0 bridgehead atoms. The van der Waals surface area contributed by atoms with Crippen LogP contribution in [0.15, 0.2) is 127 Å². The number of ether oxygens (including phenoxy) is 1. The molecule has 3 nitrogen and oxygen atoms in total. The molecule has 0 unspecified atom stereocenters. The number of hydrogen-bond acceptors (Lipinski definition) is 3. The largest absolute Gasteiger partial charge is 0.425 e. The van der Waals surface area contributed by atoms with Crippen molar-refractivity contribution in [1.82, 2.24) is 0 Å². The quantitative estimate of drug-likeness (QED) is 0.252. The van der Waals surface area contributed by atoms with E-state index >= 15 is 0 Å². The Morgan fingerprint density at radius 3 is 1.82 bits per heavy atom. The Hall–Kier alpha value is -4.24. The van der Waals surface area contributed by atoms with Gasteiger partial charge in [-0.1, -0.05) is 121 Å². The number of ketones is 1. The van der Waals surface area contributed by atoms with E-state index in [9.17, 15) is 9.59 Å². The first-order chi connectivity index (χ1) is 16.7. The minimum absolute atomic E-state index is 0.126. The van der Waals surface area contributed by atoms with Crippen LogP contribution in [0.2, 0.25) is 0 Å². The van der Waals surface area contributed by atoms with Crippen LogP contribution in [-0.2, 0) is 16.0 Å². The van der Waals surface area contributed by atoms with Gasteiger partial charge in [-0.2, -0.15) is 0 Å². The average molecular weight is 445 g/mol. The number of carbonyl (C=O) groups is 2. The molecule has 166 valence electrons. The van der Waals surface area contributed by atoms with E-state index in [1.807, 2.05) is 121 Å². The van der Waals surface area contributed by atoms with Gasteiger partial charge in [0.15, 0.2) is 5.78 Å². The van der Waals surface area contributed by atoms with Crippen molar-refractivity contribution in [3.8, 4) is 0 Å². The second-order valence-electron chi connectivity index (χ2n) is 8.41. The fourth-order valence-electron chi connectivity index (χ4n) is 4.63. The van der Waals surface area contributed by atoms with Gasteiger partial charge in [-0.05, 0) is 17.5 Å². The van der Waals surface area contributed by atoms with Gasteiger partial charge in [-0.25, -0.2) is 0 Å². The van der Waals surface area contributed by atoms with Gasteiger partial charge in [0, 0.05) is 17.0 Å². The maximum absolute atomic E-state index is 14.0. The Balaban J connectivity index is 1.73. The minimum Gasteiger partial charge on any atom is -0.425 e. The Morgan fingerprint density at radius 2 is 1.21 bits per heavy atom. The smallest absolute Gasteiger partial charge is 0.315 e. The summed E-state index contributed by atoms with van der Waals surface area (Å²) in [5, 5.41) is 0. The maximum Gasteiger partial charge on any atom is 0.315 e. The second kappa shape index (κ2) is 9.72. The van der Waals surface area contributed by atoms with Gasteiger partial charge in [0.1, 0.15) is 5.76 Å². The van der Waals surface area contributed by atoms with Gasteiger partial charge >= 0.3 is 5.97 Å². The molecule has 0 radical (unpaired) electrons. The summed E-state index contributed by atoms with van der Waals surface area (Å²) in [6.07, 6.45) is 0.479. The third-order valence-electron chi connectivity index (χ3n) is 6.24. The van der Waals surface area contributed by atoms with Crippen molar-refractivity contribution in [1.29, 1.82) is 0 Å². The van der Waals surface area contributed by atoms with Crippen LogP contribution < -0.4 is 0 Å². The highest BCUT2D eigenvalue weighted by Gasteiger charge is 2.43. The van der Waals surface area contributed by atoms with Gasteiger partial charge in [-0.3, -0.25) is 9.59 Å². The lowest BCUT2D eigenvalue weighted by Crippen LogP contribution is -2.35. The number of cyclic esters (lactones) is 1. The van der Waals surface area contributed by atoms with E-state index in [2.05, 4.69) is 0 Å². The predicted molar refractivity (Wildman–Crippen MR) is 133 cm³/mol. The minimum atomic E-state index is -0.528. The molecule has 0 aliphatic carbocycles. The monoisotopic (exact) mass is 444 g/mol. The van der Waals surface area contributed by atoms with Gasteiger partial charge in [-0.15, -0.1) is 0 Å². The third kappa shape index (κ3) is 4.33. The van der Waals surface area contributed by atoms with Crippen LogP contribution in [0.5, 0.6) is 0 Å². The molecule has 1 aliphatic heterocycles. The summed E-state index contributed by atoms with van der Waals surface area (Å²) in [4.78, 5) is 27.5. The Bertz CT molecular complexity index is 1310. The highest BCUT2D eigenvalue weighted by Crippen LogP contribution is 2.44. The van der Waals surface area contributed by atoms with Crippen LogP contribution in [0.3, 0.4) is 0 Å². The van der Waals surface area contributed by atoms with E-state index in [1.165, 1.54) is 0 Å². The molecule has 0 amide bonds. The summed E-state index contributed by atoms with van der Waals surface area (Å²) in [6, 6.07) is 38.3. The van der Waals surface area contributed by atoms with Crippen LogP contribution >= 0.6 is 0 Å². The number of Topliss-reactive ketones (excluding diaryl/α,β-unsaturated/α-hetero) is 1. The molecule has 0 fully saturated rings. The van der Waals surface area contributed by atoms with Gasteiger partial charge in [0.05, 0.1) is 11.5 Å². The summed E-state index contributed by atoms with van der Waals surface area (Å²) >= 11 is 0. The Labute approximate surface area is 199 Å². The van der Waals surface area contributed by atoms with Crippen molar-refractivity contribution >= 4 is 17.5 Å². The van der Waals surface area contributed by atoms with Crippen molar-refractivity contribution in [2.75, 3.05) is 0 Å². The van der Waals surface area contributed by atoms with E-state index in [0.29, 0.717) is 28.9 Å².